The Hall–Kier alpha value is -2.14. The van der Waals surface area contributed by atoms with Crippen LogP contribution in [0.2, 0.25) is 0 Å². The fourth-order valence-corrected chi connectivity index (χ4v) is 2.17. The third-order valence-electron chi connectivity index (χ3n) is 3.52. The van der Waals surface area contributed by atoms with E-state index in [9.17, 15) is 4.79 Å². The second kappa shape index (κ2) is 4.85. The number of hydrogen-bond donors (Lipinski definition) is 2. The highest BCUT2D eigenvalue weighted by Crippen LogP contribution is 2.18. The third-order valence-corrected chi connectivity index (χ3v) is 3.52. The number of nitrogens with zero attached hydrogens (tertiary/aromatic N) is 2. The molecule has 98 valence electrons. The Bertz CT molecular complexity index is 579. The number of benzene rings is 1. The van der Waals surface area contributed by atoms with Crippen LogP contribution in [0.5, 0.6) is 0 Å². The second-order valence-electron chi connectivity index (χ2n) is 4.82. The lowest BCUT2D eigenvalue weighted by molar-refractivity contribution is 0.0906. The molecule has 19 heavy (non-hydrogen) atoms. The summed E-state index contributed by atoms with van der Waals surface area (Å²) < 4.78 is 1.73. The van der Waals surface area contributed by atoms with Crippen LogP contribution in [0.25, 0.3) is 5.69 Å². The number of amides is 1. The second-order valence-corrected chi connectivity index (χ2v) is 4.82. The van der Waals surface area contributed by atoms with Gasteiger partial charge in [-0.3, -0.25) is 4.79 Å². The number of rotatable bonds is 3. The lowest BCUT2D eigenvalue weighted by Crippen LogP contribution is -2.54. The van der Waals surface area contributed by atoms with Gasteiger partial charge in [-0.15, -0.1) is 0 Å². The summed E-state index contributed by atoms with van der Waals surface area (Å²) in [5, 5.41) is 7.11. The molecule has 2 aromatic rings. The average molecular weight is 256 g/mol. The summed E-state index contributed by atoms with van der Waals surface area (Å²) in [6.07, 6.45) is 5.50. The van der Waals surface area contributed by atoms with Crippen molar-refractivity contribution in [2.75, 3.05) is 0 Å². The number of carbonyl (C=O) groups excluding carboxylic acids is 1. The molecule has 5 nitrogen and oxygen atoms in total. The molecule has 1 fully saturated rings. The van der Waals surface area contributed by atoms with Gasteiger partial charge in [-0.2, -0.15) is 5.10 Å². The fraction of sp³-hybridized carbons (Fsp3) is 0.286. The van der Waals surface area contributed by atoms with Crippen LogP contribution in [0.1, 0.15) is 23.2 Å². The lowest BCUT2D eigenvalue weighted by atomic mass is 9.87. The summed E-state index contributed by atoms with van der Waals surface area (Å²) in [6, 6.07) is 9.45. The maximum Gasteiger partial charge on any atom is 0.251 e. The van der Waals surface area contributed by atoms with Gasteiger partial charge >= 0.3 is 0 Å². The number of nitrogens with two attached hydrogens (primary N) is 1. The van der Waals surface area contributed by atoms with Crippen LogP contribution in [-0.4, -0.2) is 27.8 Å². The molecule has 0 saturated heterocycles. The van der Waals surface area contributed by atoms with Crippen LogP contribution >= 0.6 is 0 Å². The molecule has 1 aliphatic carbocycles. The van der Waals surface area contributed by atoms with Gasteiger partial charge in [0, 0.05) is 30.0 Å². The summed E-state index contributed by atoms with van der Waals surface area (Å²) >= 11 is 0. The minimum atomic E-state index is -0.0749. The van der Waals surface area contributed by atoms with E-state index in [4.69, 9.17) is 5.73 Å². The van der Waals surface area contributed by atoms with Crippen molar-refractivity contribution < 1.29 is 4.79 Å². The summed E-state index contributed by atoms with van der Waals surface area (Å²) in [5.74, 6) is -0.0749. The van der Waals surface area contributed by atoms with Gasteiger partial charge in [0.2, 0.25) is 0 Å². The topological polar surface area (TPSA) is 72.9 Å². The first kappa shape index (κ1) is 11.9. The summed E-state index contributed by atoms with van der Waals surface area (Å²) in [5.41, 5.74) is 7.33. The molecule has 0 radical (unpaired) electrons. The third kappa shape index (κ3) is 2.37. The predicted octanol–water partition coefficient (Wildman–Crippen LogP) is 1.09. The molecule has 0 aliphatic heterocycles. The molecule has 1 heterocycles. The van der Waals surface area contributed by atoms with Crippen molar-refractivity contribution >= 4 is 5.91 Å². The van der Waals surface area contributed by atoms with Gasteiger partial charge in [0.05, 0.1) is 5.69 Å². The first-order chi connectivity index (χ1) is 9.24. The van der Waals surface area contributed by atoms with Crippen molar-refractivity contribution in [3.63, 3.8) is 0 Å². The van der Waals surface area contributed by atoms with Crippen LogP contribution < -0.4 is 11.1 Å². The molecule has 3 rings (SSSR count). The standard InChI is InChI=1S/C14H16N4O/c15-12-5-6-13(12)17-14(19)10-3-1-4-11(9-10)18-8-2-7-16-18/h1-4,7-9,12-13H,5-6,15H2,(H,17,19). The lowest BCUT2D eigenvalue weighted by Gasteiger charge is -2.34. The van der Waals surface area contributed by atoms with Gasteiger partial charge in [0.1, 0.15) is 0 Å². The number of carbonyl (C=O) groups is 1. The van der Waals surface area contributed by atoms with E-state index < -0.39 is 0 Å². The van der Waals surface area contributed by atoms with E-state index in [1.807, 2.05) is 30.5 Å². The molecule has 1 aromatic heterocycles. The van der Waals surface area contributed by atoms with Gasteiger partial charge in [-0.05, 0) is 37.1 Å². The molecule has 0 bridgehead atoms. The fourth-order valence-electron chi connectivity index (χ4n) is 2.17. The predicted molar refractivity (Wildman–Crippen MR) is 72.0 cm³/mol. The first-order valence-electron chi connectivity index (χ1n) is 6.40. The van der Waals surface area contributed by atoms with E-state index in [0.717, 1.165) is 18.5 Å². The SMILES string of the molecule is NC1CCC1NC(=O)c1cccc(-n2cccn2)c1. The van der Waals surface area contributed by atoms with Crippen molar-refractivity contribution in [1.29, 1.82) is 0 Å². The van der Waals surface area contributed by atoms with Crippen molar-refractivity contribution in [1.82, 2.24) is 15.1 Å². The Kier molecular flexibility index (Phi) is 3.05. The van der Waals surface area contributed by atoms with E-state index in [-0.39, 0.29) is 18.0 Å². The zero-order valence-electron chi connectivity index (χ0n) is 10.5. The molecule has 3 N–H and O–H groups in total. The van der Waals surface area contributed by atoms with Gasteiger partial charge in [-0.1, -0.05) is 6.07 Å². The summed E-state index contributed by atoms with van der Waals surface area (Å²) in [4.78, 5) is 12.1. The van der Waals surface area contributed by atoms with Crippen LogP contribution in [0.4, 0.5) is 0 Å². The molecule has 1 aliphatic rings. The molecule has 1 aromatic carbocycles. The molecule has 1 saturated carbocycles. The Morgan fingerprint density at radius 3 is 2.89 bits per heavy atom. The quantitative estimate of drug-likeness (QED) is 0.863. The van der Waals surface area contributed by atoms with Crippen LogP contribution in [0.3, 0.4) is 0 Å². The van der Waals surface area contributed by atoms with Crippen molar-refractivity contribution in [3.8, 4) is 5.69 Å². The Morgan fingerprint density at radius 1 is 1.37 bits per heavy atom. The zero-order chi connectivity index (χ0) is 13.2. The summed E-state index contributed by atoms with van der Waals surface area (Å²) in [7, 11) is 0. The van der Waals surface area contributed by atoms with Gasteiger partial charge in [0.25, 0.3) is 5.91 Å². The van der Waals surface area contributed by atoms with E-state index in [1.165, 1.54) is 0 Å². The maximum absolute atomic E-state index is 12.1. The van der Waals surface area contributed by atoms with Crippen LogP contribution in [0.15, 0.2) is 42.7 Å². The van der Waals surface area contributed by atoms with E-state index in [1.54, 1.807) is 16.9 Å². The first-order valence-corrected chi connectivity index (χ1v) is 6.40. The molecular formula is C14H16N4O. The minimum Gasteiger partial charge on any atom is -0.348 e. The normalized spacial score (nSPS) is 21.7. The Morgan fingerprint density at radius 2 is 2.26 bits per heavy atom. The Labute approximate surface area is 111 Å². The van der Waals surface area contributed by atoms with Gasteiger partial charge < -0.3 is 11.1 Å². The van der Waals surface area contributed by atoms with Crippen molar-refractivity contribution in [2.45, 2.75) is 24.9 Å². The molecule has 1 amide bonds. The highest BCUT2D eigenvalue weighted by molar-refractivity contribution is 5.95. The maximum atomic E-state index is 12.1. The Balaban J connectivity index is 1.77. The molecule has 2 unspecified atom stereocenters. The van der Waals surface area contributed by atoms with E-state index in [2.05, 4.69) is 10.4 Å². The molecule has 5 heteroatoms. The highest BCUT2D eigenvalue weighted by Gasteiger charge is 2.28. The van der Waals surface area contributed by atoms with E-state index in [0.29, 0.717) is 5.56 Å². The van der Waals surface area contributed by atoms with Crippen molar-refractivity contribution in [3.05, 3.63) is 48.3 Å². The van der Waals surface area contributed by atoms with Crippen LogP contribution in [0, 0.1) is 0 Å². The average Bonchev–Trinajstić information content (AvgIpc) is 2.97. The van der Waals surface area contributed by atoms with Gasteiger partial charge in [0.15, 0.2) is 0 Å². The van der Waals surface area contributed by atoms with Crippen molar-refractivity contribution in [2.24, 2.45) is 5.73 Å². The zero-order valence-corrected chi connectivity index (χ0v) is 10.5. The van der Waals surface area contributed by atoms with Gasteiger partial charge in [-0.25, -0.2) is 4.68 Å². The molecular weight excluding hydrogens is 240 g/mol. The molecule has 2 atom stereocenters. The number of hydrogen-bond acceptors (Lipinski definition) is 3. The smallest absolute Gasteiger partial charge is 0.251 e. The van der Waals surface area contributed by atoms with E-state index >= 15 is 0 Å². The van der Waals surface area contributed by atoms with Crippen LogP contribution in [-0.2, 0) is 0 Å². The monoisotopic (exact) mass is 256 g/mol. The highest BCUT2D eigenvalue weighted by atomic mass is 16.1. The number of aromatic nitrogens is 2. The largest absolute Gasteiger partial charge is 0.348 e. The number of nitrogens with one attached hydrogen (secondary N) is 1. The minimum absolute atomic E-state index is 0.0749. The summed E-state index contributed by atoms with van der Waals surface area (Å²) in [6.45, 7) is 0. The molecule has 0 spiro atoms.